The predicted molar refractivity (Wildman–Crippen MR) is 61.7 cm³/mol. The van der Waals surface area contributed by atoms with E-state index in [4.69, 9.17) is 0 Å². The quantitative estimate of drug-likeness (QED) is 0.491. The van der Waals surface area contributed by atoms with Crippen LogP contribution in [0.5, 0.6) is 5.75 Å². The largest absolute Gasteiger partial charge is 0.573 e. The summed E-state index contributed by atoms with van der Waals surface area (Å²) in [6.45, 7) is 0. The van der Waals surface area contributed by atoms with Crippen molar-refractivity contribution in [1.29, 1.82) is 0 Å². The number of ether oxygens (including phenoxy) is 1. The van der Waals surface area contributed by atoms with Crippen LogP contribution >= 0.6 is 0 Å². The first-order valence-electron chi connectivity index (χ1n) is 5.37. The molecule has 0 fully saturated rings. The van der Waals surface area contributed by atoms with Gasteiger partial charge in [0.15, 0.2) is 6.29 Å². The van der Waals surface area contributed by atoms with Crippen molar-refractivity contribution in [2.24, 2.45) is 0 Å². The third-order valence-corrected chi connectivity index (χ3v) is 2.45. The standard InChI is InChI=1S/C13H7F4NO2/c14-12-11(8(7-19)5-6-18-12)9-3-1-2-4-10(9)20-13(15,16)17/h1-7H. The van der Waals surface area contributed by atoms with Crippen molar-refractivity contribution in [2.45, 2.75) is 6.36 Å². The fraction of sp³-hybridized carbons (Fsp3) is 0.0769. The molecule has 0 saturated heterocycles. The number of nitrogens with zero attached hydrogens (tertiary/aromatic N) is 1. The van der Waals surface area contributed by atoms with Gasteiger partial charge in [-0.2, -0.15) is 4.39 Å². The minimum Gasteiger partial charge on any atom is -0.405 e. The topological polar surface area (TPSA) is 39.2 Å². The van der Waals surface area contributed by atoms with Crippen LogP contribution in [-0.2, 0) is 0 Å². The van der Waals surface area contributed by atoms with Crippen molar-refractivity contribution in [1.82, 2.24) is 4.98 Å². The van der Waals surface area contributed by atoms with Crippen molar-refractivity contribution < 1.29 is 27.1 Å². The maximum atomic E-state index is 13.7. The zero-order chi connectivity index (χ0) is 14.8. The number of alkyl halides is 3. The fourth-order valence-electron chi connectivity index (χ4n) is 1.70. The lowest BCUT2D eigenvalue weighted by atomic mass is 10.0. The molecule has 0 aliphatic carbocycles. The average molecular weight is 285 g/mol. The predicted octanol–water partition coefficient (Wildman–Crippen LogP) is 3.60. The number of benzene rings is 1. The van der Waals surface area contributed by atoms with Gasteiger partial charge in [0.1, 0.15) is 5.75 Å². The molecule has 0 N–H and O–H groups in total. The summed E-state index contributed by atoms with van der Waals surface area (Å²) in [6, 6.07) is 6.16. The highest BCUT2D eigenvalue weighted by molar-refractivity contribution is 5.89. The average Bonchev–Trinajstić information content (AvgIpc) is 2.37. The van der Waals surface area contributed by atoms with Gasteiger partial charge < -0.3 is 4.74 Å². The molecule has 0 saturated carbocycles. The van der Waals surface area contributed by atoms with Crippen molar-refractivity contribution in [3.8, 4) is 16.9 Å². The molecule has 0 spiro atoms. The van der Waals surface area contributed by atoms with Gasteiger partial charge in [0.2, 0.25) is 5.95 Å². The van der Waals surface area contributed by atoms with E-state index >= 15 is 0 Å². The Hall–Kier alpha value is -2.44. The summed E-state index contributed by atoms with van der Waals surface area (Å²) in [6.07, 6.45) is -3.53. The zero-order valence-electron chi connectivity index (χ0n) is 9.82. The smallest absolute Gasteiger partial charge is 0.405 e. The van der Waals surface area contributed by atoms with E-state index in [0.29, 0.717) is 6.29 Å². The van der Waals surface area contributed by atoms with E-state index in [1.807, 2.05) is 0 Å². The number of para-hydroxylation sites is 1. The highest BCUT2D eigenvalue weighted by Crippen LogP contribution is 2.35. The molecule has 0 unspecified atom stereocenters. The molecular weight excluding hydrogens is 278 g/mol. The summed E-state index contributed by atoms with van der Waals surface area (Å²) in [4.78, 5) is 14.2. The third kappa shape index (κ3) is 2.93. The van der Waals surface area contributed by atoms with Crippen LogP contribution in [0.25, 0.3) is 11.1 Å². The van der Waals surface area contributed by atoms with Gasteiger partial charge in [-0.3, -0.25) is 4.79 Å². The van der Waals surface area contributed by atoms with E-state index in [9.17, 15) is 22.4 Å². The SMILES string of the molecule is O=Cc1ccnc(F)c1-c1ccccc1OC(F)(F)F. The molecular formula is C13H7F4NO2. The molecule has 0 radical (unpaired) electrons. The molecule has 0 bridgehead atoms. The maximum Gasteiger partial charge on any atom is 0.573 e. The van der Waals surface area contributed by atoms with E-state index < -0.39 is 18.1 Å². The number of hydrogen-bond donors (Lipinski definition) is 0. The Bertz CT molecular complexity index is 641. The monoisotopic (exact) mass is 285 g/mol. The third-order valence-electron chi connectivity index (χ3n) is 2.45. The lowest BCUT2D eigenvalue weighted by molar-refractivity contribution is -0.274. The van der Waals surface area contributed by atoms with Crippen LogP contribution in [0, 0.1) is 5.95 Å². The Morgan fingerprint density at radius 2 is 1.85 bits per heavy atom. The van der Waals surface area contributed by atoms with Crippen LogP contribution in [0.2, 0.25) is 0 Å². The van der Waals surface area contributed by atoms with Crippen molar-refractivity contribution >= 4 is 6.29 Å². The van der Waals surface area contributed by atoms with Gasteiger partial charge in [-0.15, -0.1) is 13.2 Å². The molecule has 2 aromatic rings. The first-order chi connectivity index (χ1) is 9.42. The molecule has 3 nitrogen and oxygen atoms in total. The highest BCUT2D eigenvalue weighted by Gasteiger charge is 2.32. The molecule has 20 heavy (non-hydrogen) atoms. The first-order valence-corrected chi connectivity index (χ1v) is 5.37. The Morgan fingerprint density at radius 3 is 2.50 bits per heavy atom. The summed E-state index contributed by atoms with van der Waals surface area (Å²) >= 11 is 0. The Morgan fingerprint density at radius 1 is 1.15 bits per heavy atom. The minimum absolute atomic E-state index is 0.115. The lowest BCUT2D eigenvalue weighted by Crippen LogP contribution is -2.17. The van der Waals surface area contributed by atoms with Crippen LogP contribution in [0.3, 0.4) is 0 Å². The normalized spacial score (nSPS) is 11.2. The maximum absolute atomic E-state index is 13.7. The molecule has 1 heterocycles. The number of carbonyl (C=O) groups excluding carboxylic acids is 1. The van der Waals surface area contributed by atoms with Crippen molar-refractivity contribution in [2.75, 3.05) is 0 Å². The van der Waals surface area contributed by atoms with Crippen LogP contribution < -0.4 is 4.74 Å². The van der Waals surface area contributed by atoms with E-state index in [-0.39, 0.29) is 16.7 Å². The number of aromatic nitrogens is 1. The molecule has 7 heteroatoms. The Balaban J connectivity index is 2.62. The zero-order valence-corrected chi connectivity index (χ0v) is 9.82. The molecule has 1 aromatic carbocycles. The molecule has 0 aliphatic heterocycles. The molecule has 0 amide bonds. The number of pyridine rings is 1. The fourth-order valence-corrected chi connectivity index (χ4v) is 1.70. The molecule has 0 atom stereocenters. The Kier molecular flexibility index (Phi) is 3.69. The highest BCUT2D eigenvalue weighted by atomic mass is 19.4. The Labute approximate surface area is 110 Å². The van der Waals surface area contributed by atoms with Crippen LogP contribution in [-0.4, -0.2) is 17.6 Å². The first kappa shape index (κ1) is 14.0. The molecule has 0 aliphatic rings. The molecule has 104 valence electrons. The van der Waals surface area contributed by atoms with E-state index in [2.05, 4.69) is 9.72 Å². The van der Waals surface area contributed by atoms with E-state index in [1.54, 1.807) is 0 Å². The minimum atomic E-state index is -4.92. The van der Waals surface area contributed by atoms with Gasteiger partial charge in [-0.25, -0.2) is 4.98 Å². The second-order valence-electron chi connectivity index (χ2n) is 3.73. The van der Waals surface area contributed by atoms with Crippen molar-refractivity contribution in [3.05, 3.63) is 48.0 Å². The van der Waals surface area contributed by atoms with Crippen LogP contribution in [0.4, 0.5) is 17.6 Å². The number of hydrogen-bond acceptors (Lipinski definition) is 3. The second kappa shape index (κ2) is 5.28. The van der Waals surface area contributed by atoms with Crippen LogP contribution in [0.1, 0.15) is 10.4 Å². The number of aldehydes is 1. The van der Waals surface area contributed by atoms with E-state index in [1.165, 1.54) is 24.3 Å². The lowest BCUT2D eigenvalue weighted by Gasteiger charge is -2.14. The molecule has 2 rings (SSSR count). The van der Waals surface area contributed by atoms with Gasteiger partial charge in [0, 0.05) is 17.3 Å². The number of halogens is 4. The van der Waals surface area contributed by atoms with Gasteiger partial charge in [-0.1, -0.05) is 18.2 Å². The summed E-state index contributed by atoms with van der Waals surface area (Å²) < 4.78 is 54.5. The summed E-state index contributed by atoms with van der Waals surface area (Å²) in [5, 5.41) is 0. The van der Waals surface area contributed by atoms with Gasteiger partial charge in [-0.05, 0) is 12.1 Å². The summed E-state index contributed by atoms with van der Waals surface area (Å²) in [7, 11) is 0. The van der Waals surface area contributed by atoms with Gasteiger partial charge in [0.25, 0.3) is 0 Å². The second-order valence-corrected chi connectivity index (χ2v) is 3.73. The number of rotatable bonds is 3. The summed E-state index contributed by atoms with van der Waals surface area (Å²) in [5.41, 5.74) is -0.643. The molecule has 1 aromatic heterocycles. The van der Waals surface area contributed by atoms with E-state index in [0.717, 1.165) is 12.3 Å². The number of carbonyl (C=O) groups is 1. The van der Waals surface area contributed by atoms with Gasteiger partial charge >= 0.3 is 6.36 Å². The van der Waals surface area contributed by atoms with Gasteiger partial charge in [0.05, 0.1) is 5.56 Å². The summed E-state index contributed by atoms with van der Waals surface area (Å²) in [5.74, 6) is -1.65. The van der Waals surface area contributed by atoms with Crippen LogP contribution in [0.15, 0.2) is 36.5 Å². The van der Waals surface area contributed by atoms with Crippen molar-refractivity contribution in [3.63, 3.8) is 0 Å².